The molecule has 0 aliphatic rings. The molecule has 10 nitrogen and oxygen atoms in total. The highest BCUT2D eigenvalue weighted by molar-refractivity contribution is 6.30. The number of halogens is 1. The standard InChI is InChI=1S/C24H20ClN9O/c1-14(28-24(35)21-22(26)27-13-18(30-21)15-6-3-2-4-7-15)23-32-31-20-11-10-19(33-34(20)23)29-17-9-5-8-16(25)12-17/h2-14H,1H3,(H2,26,27)(H,28,35)(H,29,33)/t14-/m1/s1. The molecule has 0 saturated heterocycles. The molecule has 2 aromatic carbocycles. The van der Waals surface area contributed by atoms with Crippen molar-refractivity contribution in [2.75, 3.05) is 11.1 Å². The van der Waals surface area contributed by atoms with Crippen LogP contribution in [0.4, 0.5) is 17.3 Å². The molecule has 0 aliphatic carbocycles. The molecule has 0 spiro atoms. The zero-order valence-corrected chi connectivity index (χ0v) is 19.3. The molecule has 0 radical (unpaired) electrons. The lowest BCUT2D eigenvalue weighted by atomic mass is 10.1. The minimum atomic E-state index is -0.548. The van der Waals surface area contributed by atoms with Crippen molar-refractivity contribution in [1.82, 2.24) is 35.1 Å². The molecule has 0 bridgehead atoms. The van der Waals surface area contributed by atoms with Crippen LogP contribution < -0.4 is 16.4 Å². The molecule has 0 aliphatic heterocycles. The second kappa shape index (κ2) is 9.35. The van der Waals surface area contributed by atoms with Crippen molar-refractivity contribution in [2.24, 2.45) is 0 Å². The fourth-order valence-corrected chi connectivity index (χ4v) is 3.69. The largest absolute Gasteiger partial charge is 0.382 e. The molecule has 5 rings (SSSR count). The van der Waals surface area contributed by atoms with Crippen LogP contribution in [-0.2, 0) is 0 Å². The summed E-state index contributed by atoms with van der Waals surface area (Å²) in [6.07, 6.45) is 1.54. The number of nitrogens with zero attached hydrogens (tertiary/aromatic N) is 6. The van der Waals surface area contributed by atoms with E-state index in [2.05, 4.69) is 35.9 Å². The van der Waals surface area contributed by atoms with Crippen molar-refractivity contribution >= 4 is 40.5 Å². The molecule has 3 heterocycles. The fourth-order valence-electron chi connectivity index (χ4n) is 3.50. The number of aromatic nitrogens is 6. The lowest BCUT2D eigenvalue weighted by Crippen LogP contribution is -2.30. The monoisotopic (exact) mass is 485 g/mol. The quantitative estimate of drug-likeness (QED) is 0.327. The van der Waals surface area contributed by atoms with Gasteiger partial charge < -0.3 is 16.4 Å². The number of anilines is 3. The molecule has 1 amide bonds. The maximum atomic E-state index is 13.0. The topological polar surface area (TPSA) is 136 Å². The number of nitrogens with two attached hydrogens (primary N) is 1. The molecule has 4 N–H and O–H groups in total. The first-order valence-electron chi connectivity index (χ1n) is 10.7. The summed E-state index contributed by atoms with van der Waals surface area (Å²) in [5.41, 5.74) is 8.68. The minimum absolute atomic E-state index is 0.0308. The van der Waals surface area contributed by atoms with Gasteiger partial charge in [-0.1, -0.05) is 48.0 Å². The lowest BCUT2D eigenvalue weighted by Gasteiger charge is -2.13. The average Bonchev–Trinajstić information content (AvgIpc) is 3.28. The van der Waals surface area contributed by atoms with Crippen LogP contribution in [0.3, 0.4) is 0 Å². The van der Waals surface area contributed by atoms with E-state index in [9.17, 15) is 4.79 Å². The van der Waals surface area contributed by atoms with E-state index in [1.807, 2.05) is 42.5 Å². The third kappa shape index (κ3) is 4.73. The smallest absolute Gasteiger partial charge is 0.274 e. The lowest BCUT2D eigenvalue weighted by molar-refractivity contribution is 0.0933. The highest BCUT2D eigenvalue weighted by Gasteiger charge is 2.21. The van der Waals surface area contributed by atoms with Gasteiger partial charge in [-0.25, -0.2) is 9.97 Å². The molecule has 174 valence electrons. The first-order valence-corrected chi connectivity index (χ1v) is 11.1. The Labute approximate surface area is 205 Å². The van der Waals surface area contributed by atoms with E-state index in [1.54, 1.807) is 35.7 Å². The normalized spacial score (nSPS) is 11.8. The van der Waals surface area contributed by atoms with E-state index in [4.69, 9.17) is 17.3 Å². The van der Waals surface area contributed by atoms with Crippen LogP contribution in [0.25, 0.3) is 16.9 Å². The average molecular weight is 486 g/mol. The van der Waals surface area contributed by atoms with E-state index in [0.29, 0.717) is 28.0 Å². The maximum Gasteiger partial charge on any atom is 0.274 e. The summed E-state index contributed by atoms with van der Waals surface area (Å²) in [5, 5.41) is 19.6. The first-order chi connectivity index (χ1) is 17.0. The van der Waals surface area contributed by atoms with Crippen molar-refractivity contribution in [3.63, 3.8) is 0 Å². The number of rotatable bonds is 6. The molecule has 0 fully saturated rings. The van der Waals surface area contributed by atoms with Crippen LogP contribution in [0.2, 0.25) is 5.02 Å². The molecule has 5 aromatic rings. The van der Waals surface area contributed by atoms with Gasteiger partial charge in [0.05, 0.1) is 17.9 Å². The Morgan fingerprint density at radius 2 is 1.89 bits per heavy atom. The molecular formula is C24H20ClN9O. The first kappa shape index (κ1) is 22.2. The summed E-state index contributed by atoms with van der Waals surface area (Å²) in [5.74, 6) is 0.552. The number of nitrogens with one attached hydrogen (secondary N) is 2. The van der Waals surface area contributed by atoms with Crippen LogP contribution in [-0.4, -0.2) is 35.7 Å². The summed E-state index contributed by atoms with van der Waals surface area (Å²) >= 11 is 6.07. The van der Waals surface area contributed by atoms with Crippen LogP contribution in [0.1, 0.15) is 29.3 Å². The van der Waals surface area contributed by atoms with Gasteiger partial charge in [0.25, 0.3) is 5.91 Å². The molecule has 3 aromatic heterocycles. The number of carbonyl (C=O) groups is 1. The van der Waals surface area contributed by atoms with Gasteiger partial charge in [0.2, 0.25) is 0 Å². The predicted molar refractivity (Wildman–Crippen MR) is 133 cm³/mol. The van der Waals surface area contributed by atoms with Gasteiger partial charge in [-0.2, -0.15) is 4.52 Å². The number of amides is 1. The van der Waals surface area contributed by atoms with Crippen molar-refractivity contribution < 1.29 is 4.79 Å². The Kier molecular flexibility index (Phi) is 5.94. The van der Waals surface area contributed by atoms with Crippen LogP contribution in [0.15, 0.2) is 72.9 Å². The van der Waals surface area contributed by atoms with E-state index >= 15 is 0 Å². The third-order valence-electron chi connectivity index (χ3n) is 5.20. The third-order valence-corrected chi connectivity index (χ3v) is 5.44. The number of fused-ring (bicyclic) bond motifs is 1. The maximum absolute atomic E-state index is 13.0. The number of nitrogen functional groups attached to an aromatic ring is 1. The Balaban J connectivity index is 1.39. The van der Waals surface area contributed by atoms with Crippen molar-refractivity contribution in [2.45, 2.75) is 13.0 Å². The van der Waals surface area contributed by atoms with Gasteiger partial charge in [0.1, 0.15) is 0 Å². The summed E-state index contributed by atoms with van der Waals surface area (Å²) < 4.78 is 1.56. The van der Waals surface area contributed by atoms with Gasteiger partial charge >= 0.3 is 0 Å². The minimum Gasteiger partial charge on any atom is -0.382 e. The van der Waals surface area contributed by atoms with Crippen molar-refractivity contribution in [1.29, 1.82) is 0 Å². The van der Waals surface area contributed by atoms with Gasteiger partial charge in [-0.3, -0.25) is 4.79 Å². The molecule has 1 atom stereocenters. The van der Waals surface area contributed by atoms with Gasteiger partial charge in [0.15, 0.2) is 28.8 Å². The molecule has 35 heavy (non-hydrogen) atoms. The van der Waals surface area contributed by atoms with Crippen LogP contribution in [0, 0.1) is 0 Å². The summed E-state index contributed by atoms with van der Waals surface area (Å²) in [6.45, 7) is 1.78. The Bertz CT molecular complexity index is 1520. The van der Waals surface area contributed by atoms with E-state index in [-0.39, 0.29) is 11.5 Å². The summed E-state index contributed by atoms with van der Waals surface area (Å²) in [7, 11) is 0. The van der Waals surface area contributed by atoms with Crippen molar-refractivity contribution in [3.05, 3.63) is 89.5 Å². The zero-order chi connectivity index (χ0) is 24.4. The van der Waals surface area contributed by atoms with E-state index in [0.717, 1.165) is 11.3 Å². The Morgan fingerprint density at radius 3 is 2.69 bits per heavy atom. The van der Waals surface area contributed by atoms with Crippen molar-refractivity contribution in [3.8, 4) is 11.3 Å². The van der Waals surface area contributed by atoms with Gasteiger partial charge in [-0.05, 0) is 37.3 Å². The zero-order valence-electron chi connectivity index (χ0n) is 18.6. The van der Waals surface area contributed by atoms with Gasteiger partial charge in [-0.15, -0.1) is 15.3 Å². The summed E-state index contributed by atoms with van der Waals surface area (Å²) in [4.78, 5) is 21.6. The number of carbonyl (C=O) groups excluding carboxylic acids is 1. The van der Waals surface area contributed by atoms with Crippen LogP contribution in [0.5, 0.6) is 0 Å². The molecule has 11 heteroatoms. The second-order valence-corrected chi connectivity index (χ2v) is 8.17. The summed E-state index contributed by atoms with van der Waals surface area (Å²) in [6, 6.07) is 19.7. The highest BCUT2D eigenvalue weighted by Crippen LogP contribution is 2.21. The predicted octanol–water partition coefficient (Wildman–Crippen LogP) is 4.05. The molecular weight excluding hydrogens is 466 g/mol. The van der Waals surface area contributed by atoms with Crippen LogP contribution >= 0.6 is 11.6 Å². The van der Waals surface area contributed by atoms with E-state index < -0.39 is 11.9 Å². The highest BCUT2D eigenvalue weighted by atomic mass is 35.5. The fraction of sp³-hybridized carbons (Fsp3) is 0.0833. The number of hydrogen-bond donors (Lipinski definition) is 3. The second-order valence-electron chi connectivity index (χ2n) is 7.73. The van der Waals surface area contributed by atoms with Gasteiger partial charge in [0, 0.05) is 16.3 Å². The number of hydrogen-bond acceptors (Lipinski definition) is 8. The SMILES string of the molecule is C[C@@H](NC(=O)c1nc(-c2ccccc2)cnc1N)c1nnc2ccc(Nc3cccc(Cl)c3)nn12. The number of benzene rings is 2. The molecule has 0 unspecified atom stereocenters. The Hall–Kier alpha value is -4.57. The molecule has 0 saturated carbocycles. The Morgan fingerprint density at radius 1 is 1.06 bits per heavy atom. The van der Waals surface area contributed by atoms with E-state index in [1.165, 1.54) is 6.20 Å².